The summed E-state index contributed by atoms with van der Waals surface area (Å²) in [5, 5.41) is 16.5. The lowest BCUT2D eigenvalue weighted by atomic mass is 10.2. The van der Waals surface area contributed by atoms with Crippen LogP contribution in [0.1, 0.15) is 12.5 Å². The van der Waals surface area contributed by atoms with E-state index >= 15 is 0 Å². The van der Waals surface area contributed by atoms with E-state index in [2.05, 4.69) is 5.10 Å². The number of rotatable bonds is 5. The van der Waals surface area contributed by atoms with Crippen molar-refractivity contribution in [3.63, 3.8) is 0 Å². The Labute approximate surface area is 153 Å². The quantitative estimate of drug-likeness (QED) is 0.590. The van der Waals surface area contributed by atoms with Gasteiger partial charge in [0.1, 0.15) is 12.4 Å². The van der Waals surface area contributed by atoms with Gasteiger partial charge in [-0.1, -0.05) is 23.7 Å². The molecule has 0 spiro atoms. The van der Waals surface area contributed by atoms with Crippen LogP contribution < -0.4 is 4.74 Å². The van der Waals surface area contributed by atoms with Gasteiger partial charge in [0.25, 0.3) is 5.69 Å². The molecule has 134 valence electrons. The molecule has 2 aromatic carbocycles. The Morgan fingerprint density at radius 1 is 1.31 bits per heavy atom. The van der Waals surface area contributed by atoms with E-state index in [4.69, 9.17) is 21.1 Å². The molecule has 0 aliphatic carbocycles. The first-order valence-corrected chi connectivity index (χ1v) is 8.00. The van der Waals surface area contributed by atoms with Gasteiger partial charge in [0.2, 0.25) is 18.0 Å². The van der Waals surface area contributed by atoms with Gasteiger partial charge < -0.3 is 9.47 Å². The van der Waals surface area contributed by atoms with Gasteiger partial charge in [0, 0.05) is 19.1 Å². The molecule has 0 bridgehead atoms. The van der Waals surface area contributed by atoms with Crippen molar-refractivity contribution >= 4 is 29.1 Å². The summed E-state index contributed by atoms with van der Waals surface area (Å²) >= 11 is 6.14. The zero-order chi connectivity index (χ0) is 18.7. The third kappa shape index (κ3) is 3.75. The van der Waals surface area contributed by atoms with Crippen LogP contribution in [0.2, 0.25) is 5.02 Å². The molecular formula is C17H14ClN3O5. The lowest BCUT2D eigenvalue weighted by Crippen LogP contribution is -2.36. The molecule has 0 unspecified atom stereocenters. The minimum absolute atomic E-state index is 0.00512. The van der Waals surface area contributed by atoms with Gasteiger partial charge in [-0.2, -0.15) is 5.01 Å². The molecule has 1 amide bonds. The first-order chi connectivity index (χ1) is 12.5. The zero-order valence-corrected chi connectivity index (χ0v) is 14.4. The summed E-state index contributed by atoms with van der Waals surface area (Å²) in [5.74, 6) is 0.321. The van der Waals surface area contributed by atoms with Crippen LogP contribution in [0, 0.1) is 10.1 Å². The van der Waals surface area contributed by atoms with Gasteiger partial charge in [-0.25, -0.2) is 0 Å². The van der Waals surface area contributed by atoms with Crippen LogP contribution in [0.4, 0.5) is 5.69 Å². The van der Waals surface area contributed by atoms with Crippen molar-refractivity contribution in [1.29, 1.82) is 0 Å². The lowest BCUT2D eigenvalue weighted by molar-refractivity contribution is -0.384. The Kier molecular flexibility index (Phi) is 5.04. The third-order valence-corrected chi connectivity index (χ3v) is 3.92. The first-order valence-electron chi connectivity index (χ1n) is 7.63. The second-order valence-corrected chi connectivity index (χ2v) is 5.79. The summed E-state index contributed by atoms with van der Waals surface area (Å²) in [7, 11) is 0. The van der Waals surface area contributed by atoms with Crippen molar-refractivity contribution in [2.24, 2.45) is 5.10 Å². The van der Waals surface area contributed by atoms with E-state index in [-0.39, 0.29) is 24.1 Å². The number of carbonyl (C=O) groups is 1. The highest BCUT2D eigenvalue weighted by Crippen LogP contribution is 2.24. The molecule has 1 aliphatic heterocycles. The maximum atomic E-state index is 11.8. The number of nitrogens with zero attached hydrogens (tertiary/aromatic N) is 3. The number of hydrogen-bond donors (Lipinski definition) is 0. The fourth-order valence-corrected chi connectivity index (χ4v) is 2.54. The summed E-state index contributed by atoms with van der Waals surface area (Å²) in [6, 6.07) is 12.6. The van der Waals surface area contributed by atoms with E-state index in [1.165, 1.54) is 36.2 Å². The molecule has 8 nitrogen and oxygen atoms in total. The molecule has 0 saturated carbocycles. The van der Waals surface area contributed by atoms with E-state index in [0.29, 0.717) is 16.3 Å². The molecule has 1 aliphatic rings. The monoisotopic (exact) mass is 375 g/mol. The molecule has 1 heterocycles. The molecule has 0 fully saturated rings. The SMILES string of the molecule is CC(=O)N1N=C(c2ccccc2Cl)O[C@@H]1COc1ccc([N+](=O)[O-])cc1. The van der Waals surface area contributed by atoms with E-state index in [1.807, 2.05) is 0 Å². The molecule has 0 saturated heterocycles. The van der Waals surface area contributed by atoms with Gasteiger partial charge in [-0.05, 0) is 24.3 Å². The molecule has 0 aromatic heterocycles. The number of hydrazone groups is 1. The van der Waals surface area contributed by atoms with E-state index in [0.717, 1.165) is 0 Å². The maximum absolute atomic E-state index is 11.8. The zero-order valence-electron chi connectivity index (χ0n) is 13.7. The Morgan fingerprint density at radius 2 is 2.00 bits per heavy atom. The van der Waals surface area contributed by atoms with E-state index in [9.17, 15) is 14.9 Å². The van der Waals surface area contributed by atoms with Crippen LogP contribution in [-0.2, 0) is 9.53 Å². The summed E-state index contributed by atoms with van der Waals surface area (Å²) in [4.78, 5) is 22.0. The molecule has 1 atom stereocenters. The smallest absolute Gasteiger partial charge is 0.269 e. The average molecular weight is 376 g/mol. The van der Waals surface area contributed by atoms with Crippen molar-refractivity contribution in [3.05, 3.63) is 69.2 Å². The average Bonchev–Trinajstić information content (AvgIpc) is 3.05. The Bertz CT molecular complexity index is 869. The van der Waals surface area contributed by atoms with Crippen molar-refractivity contribution < 1.29 is 19.2 Å². The van der Waals surface area contributed by atoms with Gasteiger partial charge in [-0.15, -0.1) is 5.10 Å². The maximum Gasteiger partial charge on any atom is 0.269 e. The normalized spacial score (nSPS) is 16.0. The predicted molar refractivity (Wildman–Crippen MR) is 94.0 cm³/mol. The first kappa shape index (κ1) is 17.7. The predicted octanol–water partition coefficient (Wildman–Crippen LogP) is 3.19. The Hall–Kier alpha value is -3.13. The molecule has 0 N–H and O–H groups in total. The highest BCUT2D eigenvalue weighted by atomic mass is 35.5. The summed E-state index contributed by atoms with van der Waals surface area (Å²) in [5.41, 5.74) is 0.530. The van der Waals surface area contributed by atoms with Crippen molar-refractivity contribution in [1.82, 2.24) is 5.01 Å². The van der Waals surface area contributed by atoms with Crippen LogP contribution in [0.5, 0.6) is 5.75 Å². The number of non-ortho nitro benzene ring substituents is 1. The van der Waals surface area contributed by atoms with Gasteiger partial charge in [0.15, 0.2) is 0 Å². The Morgan fingerprint density at radius 3 is 2.62 bits per heavy atom. The lowest BCUT2D eigenvalue weighted by Gasteiger charge is -2.19. The van der Waals surface area contributed by atoms with Crippen molar-refractivity contribution in [2.45, 2.75) is 13.2 Å². The number of benzene rings is 2. The fraction of sp³-hybridized carbons (Fsp3) is 0.176. The van der Waals surface area contributed by atoms with Crippen LogP contribution in [0.3, 0.4) is 0 Å². The van der Waals surface area contributed by atoms with Gasteiger partial charge >= 0.3 is 0 Å². The van der Waals surface area contributed by atoms with Crippen LogP contribution in [0.15, 0.2) is 53.6 Å². The Balaban J connectivity index is 1.71. The number of halogens is 1. The minimum Gasteiger partial charge on any atom is -0.488 e. The number of nitro benzene ring substituents is 1. The number of nitro groups is 1. The molecule has 2 aromatic rings. The van der Waals surface area contributed by atoms with Crippen molar-refractivity contribution in [2.75, 3.05) is 6.61 Å². The molecule has 0 radical (unpaired) electrons. The highest BCUT2D eigenvalue weighted by molar-refractivity contribution is 6.33. The summed E-state index contributed by atoms with van der Waals surface area (Å²) in [6.45, 7) is 1.36. The summed E-state index contributed by atoms with van der Waals surface area (Å²) < 4.78 is 11.3. The number of amides is 1. The van der Waals surface area contributed by atoms with E-state index < -0.39 is 11.2 Å². The number of carbonyl (C=O) groups excluding carboxylic acids is 1. The molecule has 3 rings (SSSR count). The van der Waals surface area contributed by atoms with Crippen LogP contribution >= 0.6 is 11.6 Å². The second-order valence-electron chi connectivity index (χ2n) is 5.38. The molecule has 9 heteroatoms. The second kappa shape index (κ2) is 7.40. The standard InChI is InChI=1S/C17H14ClN3O5/c1-11(22)20-16(10-25-13-8-6-12(7-9-13)21(23)24)26-17(19-20)14-4-2-3-5-15(14)18/h2-9,16H,10H2,1H3/t16-/m1/s1. The molecule has 26 heavy (non-hydrogen) atoms. The molecular weight excluding hydrogens is 362 g/mol. The fourth-order valence-electron chi connectivity index (χ4n) is 2.33. The van der Waals surface area contributed by atoms with Crippen LogP contribution in [0.25, 0.3) is 0 Å². The number of hydrogen-bond acceptors (Lipinski definition) is 6. The number of ether oxygens (including phenoxy) is 2. The van der Waals surface area contributed by atoms with Crippen LogP contribution in [-0.4, -0.2) is 34.6 Å². The largest absolute Gasteiger partial charge is 0.488 e. The topological polar surface area (TPSA) is 94.3 Å². The highest BCUT2D eigenvalue weighted by Gasteiger charge is 2.33. The van der Waals surface area contributed by atoms with Gasteiger partial charge in [-0.3, -0.25) is 14.9 Å². The summed E-state index contributed by atoms with van der Waals surface area (Å²) in [6.07, 6.45) is -0.769. The minimum atomic E-state index is -0.769. The third-order valence-electron chi connectivity index (χ3n) is 3.59. The van der Waals surface area contributed by atoms with E-state index in [1.54, 1.807) is 24.3 Å². The van der Waals surface area contributed by atoms with Gasteiger partial charge in [0.05, 0.1) is 15.5 Å². The van der Waals surface area contributed by atoms with Crippen molar-refractivity contribution in [3.8, 4) is 5.75 Å².